The van der Waals surface area contributed by atoms with Gasteiger partial charge >= 0.3 is 0 Å². The Balaban J connectivity index is 0.00000136. The molecule has 2 N–H and O–H groups in total. The van der Waals surface area contributed by atoms with Crippen LogP contribution in [-0.4, -0.2) is 29.6 Å². The van der Waals surface area contributed by atoms with Gasteiger partial charge in [-0.3, -0.25) is 0 Å². The fourth-order valence-electron chi connectivity index (χ4n) is 2.31. The van der Waals surface area contributed by atoms with Crippen molar-refractivity contribution < 1.29 is 14.2 Å². The highest BCUT2D eigenvalue weighted by atomic mass is 35.5. The summed E-state index contributed by atoms with van der Waals surface area (Å²) >= 11 is 11.7. The van der Waals surface area contributed by atoms with E-state index in [1.165, 1.54) is 6.33 Å². The molecule has 28 heavy (non-hydrogen) atoms. The topological polar surface area (TPSA) is 79.5 Å². The molecule has 0 radical (unpaired) electrons. The molecule has 0 spiro atoms. The van der Waals surface area contributed by atoms with Gasteiger partial charge in [-0.25, -0.2) is 9.97 Å². The first-order valence-corrected chi connectivity index (χ1v) is 9.78. The normalized spacial score (nSPS) is 10.2. The van der Waals surface area contributed by atoms with E-state index in [9.17, 15) is 0 Å². The maximum atomic E-state index is 6.04. The van der Waals surface area contributed by atoms with E-state index in [-0.39, 0.29) is 0 Å². The SMILES string of the molecule is CC.COc1cc2c(Oc3ccc(N)c(Cl)c3)ncnc2cc1OCCCCl. The van der Waals surface area contributed by atoms with Gasteiger partial charge in [0.1, 0.15) is 12.1 Å². The average Bonchev–Trinajstić information content (AvgIpc) is 2.72. The summed E-state index contributed by atoms with van der Waals surface area (Å²) in [6, 6.07) is 8.58. The van der Waals surface area contributed by atoms with Crippen molar-refractivity contribution in [3.8, 4) is 23.1 Å². The van der Waals surface area contributed by atoms with Gasteiger partial charge in [0, 0.05) is 18.0 Å². The average molecular weight is 424 g/mol. The number of ether oxygens (including phenoxy) is 3. The predicted molar refractivity (Wildman–Crippen MR) is 114 cm³/mol. The first-order valence-electron chi connectivity index (χ1n) is 8.86. The summed E-state index contributed by atoms with van der Waals surface area (Å²) in [6.07, 6.45) is 2.16. The summed E-state index contributed by atoms with van der Waals surface area (Å²) in [7, 11) is 1.57. The lowest BCUT2D eigenvalue weighted by Crippen LogP contribution is -2.01. The Morgan fingerprint density at radius 2 is 1.86 bits per heavy atom. The predicted octanol–water partition coefficient (Wildman–Crippen LogP) is 5.70. The van der Waals surface area contributed by atoms with Crippen LogP contribution < -0.4 is 19.9 Å². The number of halogens is 2. The van der Waals surface area contributed by atoms with Gasteiger partial charge in [0.2, 0.25) is 5.88 Å². The molecule has 0 unspecified atom stereocenters. The number of hydrogen-bond acceptors (Lipinski definition) is 6. The number of hydrogen-bond donors (Lipinski definition) is 1. The number of benzene rings is 2. The zero-order valence-corrected chi connectivity index (χ0v) is 17.5. The molecule has 0 aliphatic heterocycles. The minimum absolute atomic E-state index is 0.376. The fourth-order valence-corrected chi connectivity index (χ4v) is 2.59. The molecule has 0 aliphatic rings. The Morgan fingerprint density at radius 1 is 1.07 bits per heavy atom. The molecule has 0 saturated carbocycles. The second-order valence-corrected chi connectivity index (χ2v) is 6.16. The number of nitrogens with zero attached hydrogens (tertiary/aromatic N) is 2. The number of fused-ring (bicyclic) bond motifs is 1. The second-order valence-electron chi connectivity index (χ2n) is 5.38. The molecule has 0 saturated heterocycles. The highest BCUT2D eigenvalue weighted by molar-refractivity contribution is 6.33. The van der Waals surface area contributed by atoms with E-state index < -0.39 is 0 Å². The lowest BCUT2D eigenvalue weighted by atomic mass is 10.2. The number of aromatic nitrogens is 2. The summed E-state index contributed by atoms with van der Waals surface area (Å²) in [4.78, 5) is 8.49. The monoisotopic (exact) mass is 423 g/mol. The highest BCUT2D eigenvalue weighted by Gasteiger charge is 2.13. The van der Waals surface area contributed by atoms with E-state index in [2.05, 4.69) is 9.97 Å². The van der Waals surface area contributed by atoms with Crippen LogP contribution in [0.4, 0.5) is 5.69 Å². The lowest BCUT2D eigenvalue weighted by Gasteiger charge is -2.13. The van der Waals surface area contributed by atoms with Crippen LogP contribution in [0.5, 0.6) is 23.1 Å². The van der Waals surface area contributed by atoms with Crippen LogP contribution in [0.25, 0.3) is 10.9 Å². The van der Waals surface area contributed by atoms with Gasteiger partial charge in [-0.05, 0) is 24.6 Å². The summed E-state index contributed by atoms with van der Waals surface area (Å²) in [6.45, 7) is 4.49. The molecule has 3 aromatic rings. The number of nitrogens with two attached hydrogens (primary N) is 1. The third-order valence-electron chi connectivity index (χ3n) is 3.61. The number of methoxy groups -OCH3 is 1. The number of alkyl halides is 1. The van der Waals surface area contributed by atoms with E-state index in [0.717, 1.165) is 6.42 Å². The van der Waals surface area contributed by atoms with Crippen molar-refractivity contribution in [2.24, 2.45) is 0 Å². The molecule has 0 atom stereocenters. The molecule has 0 bridgehead atoms. The Labute approximate surface area is 174 Å². The molecule has 3 rings (SSSR count). The molecule has 2 aromatic carbocycles. The van der Waals surface area contributed by atoms with Gasteiger partial charge in [-0.15, -0.1) is 11.6 Å². The quantitative estimate of drug-likeness (QED) is 0.298. The Morgan fingerprint density at radius 3 is 2.54 bits per heavy atom. The van der Waals surface area contributed by atoms with E-state index >= 15 is 0 Å². The standard InChI is InChI=1S/C18H17Cl2N3O3.C2H6/c1-24-16-8-12-15(9-17(16)25-6-2-5-19)22-10-23-18(12)26-11-3-4-14(21)13(20)7-11;1-2/h3-4,7-10H,2,5-6,21H2,1H3;1-2H3. The van der Waals surface area contributed by atoms with Crippen molar-refractivity contribution >= 4 is 39.8 Å². The van der Waals surface area contributed by atoms with Crippen LogP contribution in [0.2, 0.25) is 5.02 Å². The Hall–Kier alpha value is -2.44. The zero-order chi connectivity index (χ0) is 20.5. The van der Waals surface area contributed by atoms with Crippen molar-refractivity contribution in [3.05, 3.63) is 41.7 Å². The summed E-state index contributed by atoms with van der Waals surface area (Å²) < 4.78 is 17.0. The van der Waals surface area contributed by atoms with Crippen LogP contribution in [0.3, 0.4) is 0 Å². The molecule has 0 fully saturated rings. The maximum absolute atomic E-state index is 6.04. The van der Waals surface area contributed by atoms with Gasteiger partial charge in [-0.2, -0.15) is 0 Å². The number of rotatable bonds is 7. The molecule has 1 heterocycles. The van der Waals surface area contributed by atoms with E-state index in [4.69, 9.17) is 43.1 Å². The van der Waals surface area contributed by atoms with Gasteiger partial charge < -0.3 is 19.9 Å². The summed E-state index contributed by atoms with van der Waals surface area (Å²) in [5.74, 6) is 2.57. The van der Waals surface area contributed by atoms with Crippen LogP contribution in [0.15, 0.2) is 36.7 Å². The zero-order valence-electron chi connectivity index (χ0n) is 16.0. The number of nitrogen functional groups attached to an aromatic ring is 1. The van der Waals surface area contributed by atoms with Gasteiger partial charge in [0.15, 0.2) is 11.5 Å². The molecule has 8 heteroatoms. The third kappa shape index (κ3) is 5.30. The van der Waals surface area contributed by atoms with Crippen molar-refractivity contribution in [2.45, 2.75) is 20.3 Å². The van der Waals surface area contributed by atoms with E-state index in [1.54, 1.807) is 37.4 Å². The first kappa shape index (κ1) is 21.9. The number of anilines is 1. The largest absolute Gasteiger partial charge is 0.493 e. The van der Waals surface area contributed by atoms with Crippen LogP contribution >= 0.6 is 23.2 Å². The van der Waals surface area contributed by atoms with Gasteiger partial charge in [0.25, 0.3) is 0 Å². The minimum atomic E-state index is 0.376. The molecule has 0 aliphatic carbocycles. The van der Waals surface area contributed by atoms with Gasteiger partial charge in [0.05, 0.1) is 35.3 Å². The molecule has 0 amide bonds. The Kier molecular flexibility index (Phi) is 8.42. The van der Waals surface area contributed by atoms with Crippen molar-refractivity contribution in [2.75, 3.05) is 25.3 Å². The second kappa shape index (κ2) is 10.8. The lowest BCUT2D eigenvalue weighted by molar-refractivity contribution is 0.295. The van der Waals surface area contributed by atoms with Crippen LogP contribution in [0.1, 0.15) is 20.3 Å². The van der Waals surface area contributed by atoms with Crippen molar-refractivity contribution in [1.82, 2.24) is 9.97 Å². The molecular weight excluding hydrogens is 401 g/mol. The Bertz CT molecular complexity index is 923. The van der Waals surface area contributed by atoms with Crippen LogP contribution in [-0.2, 0) is 0 Å². The van der Waals surface area contributed by atoms with Crippen molar-refractivity contribution in [3.63, 3.8) is 0 Å². The third-order valence-corrected chi connectivity index (χ3v) is 4.20. The summed E-state index contributed by atoms with van der Waals surface area (Å²) in [5, 5.41) is 1.09. The molecule has 150 valence electrons. The highest BCUT2D eigenvalue weighted by Crippen LogP contribution is 2.36. The van der Waals surface area contributed by atoms with Crippen LogP contribution in [0, 0.1) is 0 Å². The minimum Gasteiger partial charge on any atom is -0.493 e. The van der Waals surface area contributed by atoms with E-state index in [0.29, 0.717) is 57.2 Å². The molecule has 1 aromatic heterocycles. The van der Waals surface area contributed by atoms with Crippen molar-refractivity contribution in [1.29, 1.82) is 0 Å². The van der Waals surface area contributed by atoms with E-state index in [1.807, 2.05) is 13.8 Å². The first-order chi connectivity index (χ1) is 13.6. The molecule has 6 nitrogen and oxygen atoms in total. The maximum Gasteiger partial charge on any atom is 0.230 e. The molecular formula is C20H23Cl2N3O3. The smallest absolute Gasteiger partial charge is 0.230 e. The van der Waals surface area contributed by atoms with Gasteiger partial charge in [-0.1, -0.05) is 25.4 Å². The fraction of sp³-hybridized carbons (Fsp3) is 0.300. The summed E-state index contributed by atoms with van der Waals surface area (Å²) in [5.41, 5.74) is 6.87.